The molecule has 1 atom stereocenters. The molecule has 1 aliphatic heterocycles. The largest absolute Gasteiger partial charge is 0.394 e. The van der Waals surface area contributed by atoms with Gasteiger partial charge in [-0.2, -0.15) is 0 Å². The smallest absolute Gasteiger partial charge is 0.210 e. The molecule has 2 aromatic carbocycles. The van der Waals surface area contributed by atoms with E-state index in [0.29, 0.717) is 23.1 Å². The number of aliphatic hydroxyl groups is 1. The molecule has 1 fully saturated rings. The van der Waals surface area contributed by atoms with E-state index >= 15 is 0 Å². The number of aromatic nitrogens is 1. The number of hydrogen-bond acceptors (Lipinski definition) is 5. The minimum atomic E-state index is -4.00. The van der Waals surface area contributed by atoms with Crippen LogP contribution in [0.4, 0.5) is 14.5 Å². The van der Waals surface area contributed by atoms with Gasteiger partial charge >= 0.3 is 0 Å². The Bertz CT molecular complexity index is 1130. The van der Waals surface area contributed by atoms with Gasteiger partial charge < -0.3 is 10.0 Å². The Morgan fingerprint density at radius 1 is 1.11 bits per heavy atom. The van der Waals surface area contributed by atoms with E-state index < -0.39 is 21.5 Å². The van der Waals surface area contributed by atoms with Crippen LogP contribution in [0.1, 0.15) is 12.8 Å². The molecule has 1 aliphatic rings. The topological polar surface area (TPSA) is 70.5 Å². The summed E-state index contributed by atoms with van der Waals surface area (Å²) in [6.07, 6.45) is 2.73. The second kappa shape index (κ2) is 7.10. The van der Waals surface area contributed by atoms with E-state index in [2.05, 4.69) is 4.98 Å². The lowest BCUT2D eigenvalue weighted by molar-refractivity contribution is 0.266. The minimum Gasteiger partial charge on any atom is -0.394 e. The van der Waals surface area contributed by atoms with Crippen LogP contribution in [-0.4, -0.2) is 37.7 Å². The monoisotopic (exact) mass is 404 g/mol. The van der Waals surface area contributed by atoms with Crippen molar-refractivity contribution in [1.29, 1.82) is 0 Å². The first kappa shape index (κ1) is 18.8. The molecule has 0 aliphatic carbocycles. The van der Waals surface area contributed by atoms with E-state index in [0.717, 1.165) is 25.0 Å². The summed E-state index contributed by atoms with van der Waals surface area (Å²) >= 11 is 0. The molecule has 0 bridgehead atoms. The van der Waals surface area contributed by atoms with Crippen molar-refractivity contribution in [2.75, 3.05) is 18.1 Å². The lowest BCUT2D eigenvalue weighted by Crippen LogP contribution is -2.33. The van der Waals surface area contributed by atoms with Crippen LogP contribution < -0.4 is 4.90 Å². The first-order chi connectivity index (χ1) is 13.4. The van der Waals surface area contributed by atoms with Crippen LogP contribution in [0, 0.1) is 11.6 Å². The molecule has 3 aromatic rings. The van der Waals surface area contributed by atoms with Crippen molar-refractivity contribution in [2.45, 2.75) is 28.7 Å². The number of hydrogen-bond donors (Lipinski definition) is 1. The maximum absolute atomic E-state index is 13.7. The molecule has 0 saturated carbocycles. The molecule has 2 heterocycles. The Morgan fingerprint density at radius 2 is 1.82 bits per heavy atom. The second-order valence-corrected chi connectivity index (χ2v) is 8.68. The standard InChI is InChI=1S/C20H18F2N2O3S/c21-13-3-6-16(7-4-13)28(26,27)19-11-23-18-10-14(22)5-8-17(18)20(19)24-9-1-2-15(24)12-25/h3-8,10-11,15,25H,1-2,9,12H2. The van der Waals surface area contributed by atoms with E-state index in [1.807, 2.05) is 4.90 Å². The van der Waals surface area contributed by atoms with Crippen molar-refractivity contribution in [2.24, 2.45) is 0 Å². The van der Waals surface area contributed by atoms with Crippen molar-refractivity contribution in [3.63, 3.8) is 0 Å². The summed E-state index contributed by atoms with van der Waals surface area (Å²) in [4.78, 5) is 5.90. The molecule has 5 nitrogen and oxygen atoms in total. The Labute approximate surface area is 161 Å². The fraction of sp³-hybridized carbons (Fsp3) is 0.250. The summed E-state index contributed by atoms with van der Waals surface area (Å²) in [6.45, 7) is 0.439. The van der Waals surface area contributed by atoms with Crippen molar-refractivity contribution in [3.05, 3.63) is 60.3 Å². The predicted molar refractivity (Wildman–Crippen MR) is 101 cm³/mol. The average Bonchev–Trinajstić information content (AvgIpc) is 3.15. The number of pyridine rings is 1. The molecule has 0 amide bonds. The van der Waals surface area contributed by atoms with Gasteiger partial charge in [-0.3, -0.25) is 4.98 Å². The number of benzene rings is 2. The number of halogens is 2. The van der Waals surface area contributed by atoms with Gasteiger partial charge in [0.2, 0.25) is 9.84 Å². The van der Waals surface area contributed by atoms with Crippen LogP contribution >= 0.6 is 0 Å². The summed E-state index contributed by atoms with van der Waals surface area (Å²) < 4.78 is 53.6. The molecule has 1 saturated heterocycles. The molecule has 1 N–H and O–H groups in total. The van der Waals surface area contributed by atoms with E-state index in [9.17, 15) is 22.3 Å². The molecule has 28 heavy (non-hydrogen) atoms. The first-order valence-corrected chi connectivity index (χ1v) is 10.4. The van der Waals surface area contributed by atoms with Crippen LogP contribution in [-0.2, 0) is 9.84 Å². The third-order valence-electron chi connectivity index (χ3n) is 5.06. The number of nitrogens with zero attached hydrogens (tertiary/aromatic N) is 2. The van der Waals surface area contributed by atoms with Crippen molar-refractivity contribution in [3.8, 4) is 0 Å². The van der Waals surface area contributed by atoms with Crippen LogP contribution in [0.2, 0.25) is 0 Å². The zero-order valence-electron chi connectivity index (χ0n) is 14.8. The van der Waals surface area contributed by atoms with Gasteiger partial charge in [-0.25, -0.2) is 17.2 Å². The van der Waals surface area contributed by atoms with Crippen LogP contribution in [0.25, 0.3) is 10.9 Å². The molecule has 146 valence electrons. The maximum Gasteiger partial charge on any atom is 0.210 e. The van der Waals surface area contributed by atoms with Gasteiger partial charge in [0.05, 0.1) is 28.7 Å². The van der Waals surface area contributed by atoms with Gasteiger partial charge in [0, 0.05) is 24.2 Å². The number of aliphatic hydroxyl groups excluding tert-OH is 1. The highest BCUT2D eigenvalue weighted by Gasteiger charge is 2.32. The Hall–Kier alpha value is -2.58. The first-order valence-electron chi connectivity index (χ1n) is 8.88. The summed E-state index contributed by atoms with van der Waals surface area (Å²) in [5, 5.41) is 10.2. The predicted octanol–water partition coefficient (Wildman–Crippen LogP) is 3.31. The molecule has 1 unspecified atom stereocenters. The summed E-state index contributed by atoms with van der Waals surface area (Å²) in [5.74, 6) is -1.01. The van der Waals surface area contributed by atoms with Gasteiger partial charge in [-0.1, -0.05) is 0 Å². The van der Waals surface area contributed by atoms with Gasteiger partial charge in [0.25, 0.3) is 0 Å². The zero-order valence-corrected chi connectivity index (χ0v) is 15.7. The van der Waals surface area contributed by atoms with Crippen LogP contribution in [0.3, 0.4) is 0 Å². The van der Waals surface area contributed by atoms with E-state index in [1.165, 1.54) is 36.5 Å². The van der Waals surface area contributed by atoms with Gasteiger partial charge in [-0.15, -0.1) is 0 Å². The summed E-state index contributed by atoms with van der Waals surface area (Å²) in [6, 6.07) is 8.35. The Kier molecular flexibility index (Phi) is 4.76. The lowest BCUT2D eigenvalue weighted by atomic mass is 10.1. The molecule has 4 rings (SSSR count). The molecule has 0 radical (unpaired) electrons. The Morgan fingerprint density at radius 3 is 2.54 bits per heavy atom. The van der Waals surface area contributed by atoms with Crippen LogP contribution in [0.15, 0.2) is 58.5 Å². The number of fused-ring (bicyclic) bond motifs is 1. The van der Waals surface area contributed by atoms with E-state index in [-0.39, 0.29) is 22.4 Å². The highest BCUT2D eigenvalue weighted by molar-refractivity contribution is 7.91. The fourth-order valence-corrected chi connectivity index (χ4v) is 5.11. The minimum absolute atomic E-state index is 0.0430. The normalized spacial score (nSPS) is 17.4. The fourth-order valence-electron chi connectivity index (χ4n) is 3.69. The molecular formula is C20H18F2N2O3S. The van der Waals surface area contributed by atoms with Crippen molar-refractivity contribution < 1.29 is 22.3 Å². The third-order valence-corrected chi connectivity index (χ3v) is 6.83. The van der Waals surface area contributed by atoms with Gasteiger partial charge in [-0.05, 0) is 49.2 Å². The van der Waals surface area contributed by atoms with Crippen molar-refractivity contribution in [1.82, 2.24) is 4.98 Å². The van der Waals surface area contributed by atoms with Crippen molar-refractivity contribution >= 4 is 26.4 Å². The molecule has 8 heteroatoms. The average molecular weight is 404 g/mol. The van der Waals surface area contributed by atoms with Gasteiger partial charge in [0.1, 0.15) is 16.5 Å². The van der Waals surface area contributed by atoms with Gasteiger partial charge in [0.15, 0.2) is 0 Å². The lowest BCUT2D eigenvalue weighted by Gasteiger charge is -2.28. The van der Waals surface area contributed by atoms with E-state index in [4.69, 9.17) is 0 Å². The highest BCUT2D eigenvalue weighted by atomic mass is 32.2. The van der Waals surface area contributed by atoms with E-state index in [1.54, 1.807) is 0 Å². The SMILES string of the molecule is O=S(=O)(c1ccc(F)cc1)c1cnc2cc(F)ccc2c1N1CCCC1CO. The molecular weight excluding hydrogens is 386 g/mol. The zero-order chi connectivity index (χ0) is 19.9. The third kappa shape index (κ3) is 3.12. The highest BCUT2D eigenvalue weighted by Crippen LogP contribution is 2.39. The second-order valence-electron chi connectivity index (χ2n) is 6.76. The summed E-state index contributed by atoms with van der Waals surface area (Å²) in [7, 11) is -4.00. The van der Waals surface area contributed by atoms with Crippen LogP contribution in [0.5, 0.6) is 0 Å². The molecule has 0 spiro atoms. The number of anilines is 1. The number of sulfone groups is 1. The maximum atomic E-state index is 13.7. The summed E-state index contributed by atoms with van der Waals surface area (Å²) in [5.41, 5.74) is 0.725. The Balaban J connectivity index is 1.99. The number of rotatable bonds is 4. The molecule has 1 aromatic heterocycles. The quantitative estimate of drug-likeness (QED) is 0.676.